The van der Waals surface area contributed by atoms with Gasteiger partial charge in [0.25, 0.3) is 0 Å². The number of aromatic nitrogens is 3. The monoisotopic (exact) mass is 344 g/mol. The van der Waals surface area contributed by atoms with Gasteiger partial charge in [-0.3, -0.25) is 4.57 Å². The van der Waals surface area contributed by atoms with Crippen molar-refractivity contribution in [3.63, 3.8) is 0 Å². The minimum absolute atomic E-state index is 0.477. The summed E-state index contributed by atoms with van der Waals surface area (Å²) in [6.45, 7) is 4.23. The zero-order valence-corrected chi connectivity index (χ0v) is 14.9. The van der Waals surface area contributed by atoms with E-state index in [0.717, 1.165) is 29.8 Å². The second kappa shape index (κ2) is 6.76. The van der Waals surface area contributed by atoms with E-state index in [0.29, 0.717) is 11.8 Å². The first-order chi connectivity index (χ1) is 11.7. The highest BCUT2D eigenvalue weighted by atomic mass is 32.2. The van der Waals surface area contributed by atoms with Gasteiger partial charge in [0, 0.05) is 24.9 Å². The van der Waals surface area contributed by atoms with Gasteiger partial charge in [-0.2, -0.15) is 0 Å². The summed E-state index contributed by atoms with van der Waals surface area (Å²) in [5.74, 6) is 1.64. The topological polar surface area (TPSA) is 54.2 Å². The Morgan fingerprint density at radius 1 is 1.17 bits per heavy atom. The van der Waals surface area contributed by atoms with Crippen molar-refractivity contribution in [2.45, 2.75) is 49.9 Å². The lowest BCUT2D eigenvalue weighted by molar-refractivity contribution is 0.204. The molecular weight excluding hydrogens is 320 g/mol. The van der Waals surface area contributed by atoms with E-state index in [4.69, 9.17) is 0 Å². The Labute approximate surface area is 147 Å². The Balaban J connectivity index is 1.47. The van der Waals surface area contributed by atoms with Gasteiger partial charge in [-0.15, -0.1) is 10.2 Å². The number of thioether (sulfide) groups is 1. The number of aliphatic hydroxyl groups excluding tert-OH is 1. The molecule has 0 radical (unpaired) electrons. The second-order valence-electron chi connectivity index (χ2n) is 6.82. The van der Waals surface area contributed by atoms with E-state index in [1.807, 2.05) is 24.3 Å². The maximum absolute atomic E-state index is 10.4. The van der Waals surface area contributed by atoms with Crippen molar-refractivity contribution < 1.29 is 5.11 Å². The molecule has 1 aliphatic carbocycles. The second-order valence-corrected chi connectivity index (χ2v) is 7.80. The predicted octanol–water partition coefficient (Wildman–Crippen LogP) is 3.35. The van der Waals surface area contributed by atoms with Crippen LogP contribution in [-0.4, -0.2) is 38.7 Å². The summed E-state index contributed by atoms with van der Waals surface area (Å²) < 4.78 is 2.30. The Bertz CT molecular complexity index is 690. The van der Waals surface area contributed by atoms with Gasteiger partial charge in [-0.1, -0.05) is 41.6 Å². The van der Waals surface area contributed by atoms with Crippen LogP contribution in [0.2, 0.25) is 0 Å². The maximum atomic E-state index is 10.4. The molecule has 1 saturated carbocycles. The van der Waals surface area contributed by atoms with Crippen LogP contribution in [-0.2, 0) is 0 Å². The molecule has 1 aromatic heterocycles. The molecule has 1 unspecified atom stereocenters. The first-order valence-electron chi connectivity index (χ1n) is 8.79. The van der Waals surface area contributed by atoms with Gasteiger partial charge >= 0.3 is 0 Å². The fourth-order valence-corrected chi connectivity index (χ4v) is 4.16. The van der Waals surface area contributed by atoms with E-state index in [2.05, 4.69) is 26.6 Å². The highest BCUT2D eigenvalue weighted by Gasteiger charge is 2.32. The Morgan fingerprint density at radius 3 is 2.54 bits per heavy atom. The van der Waals surface area contributed by atoms with Crippen LogP contribution in [0.4, 0.5) is 5.95 Å². The number of hydrogen-bond donors (Lipinski definition) is 1. The van der Waals surface area contributed by atoms with Gasteiger partial charge in [0.05, 0.1) is 6.10 Å². The SMILES string of the molecule is Cc1ccc(C(O)CSc2nnc(N3CCCC3)n2C2CC2)cc1. The standard InChI is InChI=1S/C18H24N4OS/c1-13-4-6-14(7-5-13)16(23)12-24-18-20-19-17(21-10-2-3-11-21)22(18)15-8-9-15/h4-7,15-16,23H,2-3,8-12H2,1H3. The minimum atomic E-state index is -0.477. The normalized spacial score (nSPS) is 19.0. The lowest BCUT2D eigenvalue weighted by Gasteiger charge is -2.18. The number of benzene rings is 1. The Morgan fingerprint density at radius 2 is 1.88 bits per heavy atom. The van der Waals surface area contributed by atoms with E-state index in [1.165, 1.54) is 31.2 Å². The molecule has 1 atom stereocenters. The van der Waals surface area contributed by atoms with Gasteiger partial charge in [-0.25, -0.2) is 0 Å². The maximum Gasteiger partial charge on any atom is 0.228 e. The molecule has 2 aromatic rings. The largest absolute Gasteiger partial charge is 0.388 e. The number of aliphatic hydroxyl groups is 1. The van der Waals surface area contributed by atoms with Crippen molar-refractivity contribution in [2.24, 2.45) is 0 Å². The zero-order chi connectivity index (χ0) is 16.5. The Kier molecular flexibility index (Phi) is 4.50. The van der Waals surface area contributed by atoms with Crippen LogP contribution < -0.4 is 4.90 Å². The summed E-state index contributed by atoms with van der Waals surface area (Å²) in [5.41, 5.74) is 2.17. The first-order valence-corrected chi connectivity index (χ1v) is 9.78. The molecular formula is C18H24N4OS. The number of hydrogen-bond acceptors (Lipinski definition) is 5. The summed E-state index contributed by atoms with van der Waals surface area (Å²) in [7, 11) is 0. The zero-order valence-electron chi connectivity index (χ0n) is 14.1. The van der Waals surface area contributed by atoms with Gasteiger partial charge in [0.1, 0.15) is 0 Å². The lowest BCUT2D eigenvalue weighted by atomic mass is 10.1. The van der Waals surface area contributed by atoms with Crippen molar-refractivity contribution >= 4 is 17.7 Å². The molecule has 0 amide bonds. The third-order valence-corrected chi connectivity index (χ3v) is 5.80. The van der Waals surface area contributed by atoms with Crippen molar-refractivity contribution in [1.82, 2.24) is 14.8 Å². The molecule has 0 bridgehead atoms. The van der Waals surface area contributed by atoms with Crippen molar-refractivity contribution in [3.05, 3.63) is 35.4 Å². The highest BCUT2D eigenvalue weighted by molar-refractivity contribution is 7.99. The molecule has 1 N–H and O–H groups in total. The lowest BCUT2D eigenvalue weighted by Crippen LogP contribution is -2.22. The third-order valence-electron chi connectivity index (χ3n) is 4.78. The number of rotatable bonds is 6. The van der Waals surface area contributed by atoms with Crippen LogP contribution in [0.25, 0.3) is 0 Å². The molecule has 4 rings (SSSR count). The summed E-state index contributed by atoms with van der Waals surface area (Å²) in [4.78, 5) is 2.35. The van der Waals surface area contributed by atoms with Gasteiger partial charge < -0.3 is 10.0 Å². The molecule has 1 aliphatic heterocycles. The van der Waals surface area contributed by atoms with Gasteiger partial charge in [0.15, 0.2) is 5.16 Å². The van der Waals surface area contributed by atoms with Crippen LogP contribution >= 0.6 is 11.8 Å². The van der Waals surface area contributed by atoms with Crippen LogP contribution in [0.15, 0.2) is 29.4 Å². The quantitative estimate of drug-likeness (QED) is 0.815. The third kappa shape index (κ3) is 3.30. The van der Waals surface area contributed by atoms with Crippen molar-refractivity contribution in [2.75, 3.05) is 23.7 Å². The van der Waals surface area contributed by atoms with Crippen LogP contribution in [0.3, 0.4) is 0 Å². The van der Waals surface area contributed by atoms with E-state index in [9.17, 15) is 5.11 Å². The summed E-state index contributed by atoms with van der Waals surface area (Å²) in [6, 6.07) is 8.64. The van der Waals surface area contributed by atoms with Crippen molar-refractivity contribution in [1.29, 1.82) is 0 Å². The summed E-state index contributed by atoms with van der Waals surface area (Å²) in [6.07, 6.45) is 4.44. The summed E-state index contributed by atoms with van der Waals surface area (Å²) in [5, 5.41) is 20.3. The van der Waals surface area contributed by atoms with E-state index in [1.54, 1.807) is 11.8 Å². The molecule has 5 nitrogen and oxygen atoms in total. The van der Waals surface area contributed by atoms with Crippen LogP contribution in [0.1, 0.15) is 49.0 Å². The highest BCUT2D eigenvalue weighted by Crippen LogP contribution is 2.41. The molecule has 0 spiro atoms. The fraction of sp³-hybridized carbons (Fsp3) is 0.556. The van der Waals surface area contributed by atoms with Crippen molar-refractivity contribution in [3.8, 4) is 0 Å². The van der Waals surface area contributed by atoms with E-state index >= 15 is 0 Å². The van der Waals surface area contributed by atoms with Gasteiger partial charge in [-0.05, 0) is 38.2 Å². The van der Waals surface area contributed by atoms with E-state index in [-0.39, 0.29) is 0 Å². The molecule has 2 fully saturated rings. The average molecular weight is 344 g/mol. The first kappa shape index (κ1) is 16.0. The smallest absolute Gasteiger partial charge is 0.228 e. The number of nitrogens with zero attached hydrogens (tertiary/aromatic N) is 4. The molecule has 1 aromatic carbocycles. The molecule has 6 heteroatoms. The molecule has 1 saturated heterocycles. The summed E-state index contributed by atoms with van der Waals surface area (Å²) >= 11 is 1.61. The molecule has 2 aliphatic rings. The fourth-order valence-electron chi connectivity index (χ4n) is 3.19. The Hall–Kier alpha value is -1.53. The number of aryl methyl sites for hydroxylation is 1. The number of anilines is 1. The van der Waals surface area contributed by atoms with E-state index < -0.39 is 6.10 Å². The molecule has 128 valence electrons. The minimum Gasteiger partial charge on any atom is -0.388 e. The predicted molar refractivity (Wildman–Crippen MR) is 96.6 cm³/mol. The van der Waals surface area contributed by atoms with Crippen LogP contribution in [0, 0.1) is 6.92 Å². The average Bonchev–Trinajstić information content (AvgIpc) is 3.11. The van der Waals surface area contributed by atoms with Gasteiger partial charge in [0.2, 0.25) is 5.95 Å². The molecule has 24 heavy (non-hydrogen) atoms. The molecule has 2 heterocycles. The van der Waals surface area contributed by atoms with Crippen LogP contribution in [0.5, 0.6) is 0 Å².